The summed E-state index contributed by atoms with van der Waals surface area (Å²) in [6.45, 7) is 20.5. The van der Waals surface area contributed by atoms with Gasteiger partial charge in [-0.1, -0.05) is 48.5 Å². The first-order chi connectivity index (χ1) is 45.1. The molecule has 0 aliphatic carbocycles. The maximum absolute atomic E-state index is 13.9. The minimum atomic E-state index is -4.64. The molecule has 97 heavy (non-hydrogen) atoms. The number of aromatic hydroxyl groups is 1. The number of aliphatic hydroxyl groups is 1. The lowest BCUT2D eigenvalue weighted by atomic mass is 10.1. The van der Waals surface area contributed by atoms with Gasteiger partial charge in [-0.05, 0) is 203 Å². The van der Waals surface area contributed by atoms with Crippen LogP contribution in [0.15, 0.2) is 133 Å². The van der Waals surface area contributed by atoms with Gasteiger partial charge in [0.15, 0.2) is 0 Å². The van der Waals surface area contributed by atoms with Crippen LogP contribution in [0.25, 0.3) is 0 Å². The molecule has 2 aliphatic rings. The second kappa shape index (κ2) is 32.5. The van der Waals surface area contributed by atoms with Crippen molar-refractivity contribution >= 4 is 47.3 Å². The molecule has 0 bridgehead atoms. The monoisotopic (exact) mass is 1360 g/mol. The van der Waals surface area contributed by atoms with Gasteiger partial charge in [-0.25, -0.2) is 9.59 Å². The summed E-state index contributed by atoms with van der Waals surface area (Å²) in [4.78, 5) is 82.0. The van der Waals surface area contributed by atoms with E-state index in [0.29, 0.717) is 54.4 Å². The minimum absolute atomic E-state index is 0.00580. The Morgan fingerprint density at radius 1 is 0.464 bits per heavy atom. The molecule has 8 rings (SSSR count). The van der Waals surface area contributed by atoms with Gasteiger partial charge in [0, 0.05) is 37.6 Å². The molecule has 25 heteroatoms. The molecule has 19 nitrogen and oxygen atoms in total. The van der Waals surface area contributed by atoms with Crippen molar-refractivity contribution < 1.29 is 98.5 Å². The number of amides is 4. The highest BCUT2D eigenvalue weighted by Gasteiger charge is 2.38. The number of phenols is 1. The maximum atomic E-state index is 13.9. The SMILES string of the molecule is CC(C)(C)OC(=O)CCN(CC(=O)N1CCc2cc(O)ccc21)C(=O)OC(C)(C)C.CC(C)(C)OC(=O)CCN(CC(=O)N1CCc2cc(OCc3ccc(Oc4ccccc4)c(C(F)(F)F)c3)ccc21)C(=O)OC(C)(C)C.OCc1ccc(Oc2ccccc2)c(C(F)(F)F)c1. The van der Waals surface area contributed by atoms with Crippen molar-refractivity contribution in [1.82, 2.24) is 9.80 Å². The lowest BCUT2D eigenvalue weighted by Gasteiger charge is -2.29. The van der Waals surface area contributed by atoms with Gasteiger partial charge in [0.2, 0.25) is 11.8 Å². The standard InChI is InChI=1S/C36H41F3N2O7.C22H32N2O6.C14H11F3O2/c1-34(2,3)47-32(43)17-18-40(33(44)48-35(4,5)6)22-31(42)41-19-16-25-21-27(13-14-29(25)41)45-23-24-12-15-30(28(20-24)36(37,38)39)46-26-10-8-7-9-11-26;1-21(2,3)29-19(27)10-11-23(20(28)30-22(4,5)6)14-18(26)24-12-9-15-13-16(25)7-8-17(15)24;15-14(16,17)12-8-10(9-18)6-7-13(12)19-11-4-2-1-3-5-11/h7-15,20-21H,16-19,22-23H2,1-6H3;7-8,13,25H,9-12,14H2,1-6H3;1-8,18H,9H2. The van der Waals surface area contributed by atoms with Crippen LogP contribution in [-0.4, -0.2) is 118 Å². The van der Waals surface area contributed by atoms with E-state index in [1.807, 2.05) is 0 Å². The number of halogens is 6. The van der Waals surface area contributed by atoms with E-state index in [-0.39, 0.29) is 86.0 Å². The number of anilines is 2. The molecule has 6 aromatic rings. The number of carbonyl (C=O) groups excluding carboxylic acids is 6. The molecule has 2 N–H and O–H groups in total. The number of hydrogen-bond acceptors (Lipinski definition) is 15. The molecule has 524 valence electrons. The topological polar surface area (TPSA) is 220 Å². The summed E-state index contributed by atoms with van der Waals surface area (Å²) >= 11 is 0. The summed E-state index contributed by atoms with van der Waals surface area (Å²) in [5.74, 6) is -1.01. The molecule has 6 aromatic carbocycles. The molecule has 0 saturated carbocycles. The van der Waals surface area contributed by atoms with Crippen LogP contribution in [0.3, 0.4) is 0 Å². The van der Waals surface area contributed by atoms with Gasteiger partial charge in [0.05, 0.1) is 30.6 Å². The van der Waals surface area contributed by atoms with Crippen molar-refractivity contribution in [1.29, 1.82) is 0 Å². The van der Waals surface area contributed by atoms with Gasteiger partial charge in [0.25, 0.3) is 0 Å². The zero-order valence-corrected chi connectivity index (χ0v) is 56.4. The Hall–Kier alpha value is -9.52. The van der Waals surface area contributed by atoms with Crippen molar-refractivity contribution in [2.75, 3.05) is 49.1 Å². The quantitative estimate of drug-likeness (QED) is 0.0464. The predicted molar refractivity (Wildman–Crippen MR) is 349 cm³/mol. The summed E-state index contributed by atoms with van der Waals surface area (Å²) in [6.07, 6.45) is -9.59. The maximum Gasteiger partial charge on any atom is 0.419 e. The Bertz CT molecular complexity index is 3690. The number of ether oxygens (including phenoxy) is 7. The number of alkyl halides is 6. The van der Waals surface area contributed by atoms with Gasteiger partial charge in [0.1, 0.15) is 76.6 Å². The average molecular weight is 1360 g/mol. The van der Waals surface area contributed by atoms with Crippen molar-refractivity contribution in [3.05, 3.63) is 167 Å². The van der Waals surface area contributed by atoms with E-state index < -0.39 is 76.6 Å². The van der Waals surface area contributed by atoms with Crippen molar-refractivity contribution in [2.45, 2.75) is 157 Å². The van der Waals surface area contributed by atoms with Crippen LogP contribution in [0.5, 0.6) is 34.5 Å². The van der Waals surface area contributed by atoms with Gasteiger partial charge in [-0.3, -0.25) is 29.0 Å². The summed E-state index contributed by atoms with van der Waals surface area (Å²) in [5, 5.41) is 18.5. The van der Waals surface area contributed by atoms with E-state index in [1.165, 1.54) is 40.1 Å². The molecule has 0 aromatic heterocycles. The van der Waals surface area contributed by atoms with Crippen molar-refractivity contribution in [3.63, 3.8) is 0 Å². The smallest absolute Gasteiger partial charge is 0.419 e. The first kappa shape index (κ1) is 76.5. The third-order valence-corrected chi connectivity index (χ3v) is 13.7. The van der Waals surface area contributed by atoms with E-state index in [1.54, 1.807) is 184 Å². The normalized spacial score (nSPS) is 12.9. The number of nitrogens with zero attached hydrogens (tertiary/aromatic N) is 4. The van der Waals surface area contributed by atoms with Crippen LogP contribution in [-0.2, 0) is 76.5 Å². The predicted octanol–water partition coefficient (Wildman–Crippen LogP) is 15.2. The zero-order valence-electron chi connectivity index (χ0n) is 56.4. The van der Waals surface area contributed by atoms with E-state index in [4.69, 9.17) is 38.3 Å². The number of fused-ring (bicyclic) bond motifs is 2. The highest BCUT2D eigenvalue weighted by Crippen LogP contribution is 2.41. The molecule has 0 atom stereocenters. The molecule has 0 unspecified atom stereocenters. The van der Waals surface area contributed by atoms with Gasteiger partial charge in [-0.2, -0.15) is 26.3 Å². The third-order valence-electron chi connectivity index (χ3n) is 13.7. The molecule has 0 radical (unpaired) electrons. The summed E-state index contributed by atoms with van der Waals surface area (Å²) in [5.41, 5.74) is -1.17. The fraction of sp³-hybridized carbons (Fsp3) is 0.417. The van der Waals surface area contributed by atoms with E-state index in [0.717, 1.165) is 23.3 Å². The Balaban J connectivity index is 0.000000256. The molecule has 2 heterocycles. The minimum Gasteiger partial charge on any atom is -0.508 e. The van der Waals surface area contributed by atoms with Crippen LogP contribution in [0.4, 0.5) is 47.3 Å². The number of carbonyl (C=O) groups is 6. The van der Waals surface area contributed by atoms with Crippen molar-refractivity contribution in [2.24, 2.45) is 0 Å². The van der Waals surface area contributed by atoms with E-state index in [2.05, 4.69) is 0 Å². The lowest BCUT2D eigenvalue weighted by molar-refractivity contribution is -0.156. The Kier molecular flexibility index (Phi) is 25.6. The van der Waals surface area contributed by atoms with E-state index in [9.17, 15) is 60.2 Å². The van der Waals surface area contributed by atoms with Crippen LogP contribution in [0.1, 0.15) is 129 Å². The number of aliphatic hydroxyl groups excluding tert-OH is 1. The first-order valence-electron chi connectivity index (χ1n) is 31.2. The fourth-order valence-corrected chi connectivity index (χ4v) is 9.59. The fourth-order valence-electron chi connectivity index (χ4n) is 9.59. The highest BCUT2D eigenvalue weighted by molar-refractivity contribution is 5.99. The summed E-state index contributed by atoms with van der Waals surface area (Å²) in [7, 11) is 0. The summed E-state index contributed by atoms with van der Waals surface area (Å²) in [6, 6.07) is 33.7. The van der Waals surface area contributed by atoms with Crippen LogP contribution < -0.4 is 24.0 Å². The average Bonchev–Trinajstić information content (AvgIpc) is 1.77. The molecule has 0 fully saturated rings. The number of benzene rings is 6. The number of hydrogen-bond donors (Lipinski definition) is 2. The van der Waals surface area contributed by atoms with Crippen LogP contribution in [0.2, 0.25) is 0 Å². The number of phenolic OH excluding ortho intramolecular Hbond substituents is 1. The molecule has 2 aliphatic heterocycles. The van der Waals surface area contributed by atoms with Crippen LogP contribution in [0, 0.1) is 0 Å². The Morgan fingerprint density at radius 3 is 1.26 bits per heavy atom. The summed E-state index contributed by atoms with van der Waals surface area (Å²) < 4.78 is 118. The molecule has 4 amide bonds. The van der Waals surface area contributed by atoms with Crippen LogP contribution >= 0.6 is 0 Å². The Labute approximate surface area is 560 Å². The van der Waals surface area contributed by atoms with E-state index >= 15 is 0 Å². The molecule has 0 saturated heterocycles. The third kappa shape index (κ3) is 24.9. The molecular formula is C72H84F6N4O15. The second-order valence-electron chi connectivity index (χ2n) is 26.6. The molecule has 0 spiro atoms. The second-order valence-corrected chi connectivity index (χ2v) is 26.6. The van der Waals surface area contributed by atoms with Gasteiger partial charge >= 0.3 is 36.5 Å². The zero-order chi connectivity index (χ0) is 71.8. The molecular weight excluding hydrogens is 1270 g/mol. The lowest BCUT2D eigenvalue weighted by Crippen LogP contribution is -2.45. The van der Waals surface area contributed by atoms with Gasteiger partial charge in [-0.15, -0.1) is 0 Å². The van der Waals surface area contributed by atoms with Crippen molar-refractivity contribution in [3.8, 4) is 34.5 Å². The number of para-hydroxylation sites is 2. The van der Waals surface area contributed by atoms with Gasteiger partial charge < -0.3 is 53.2 Å². The largest absolute Gasteiger partial charge is 0.508 e. The highest BCUT2D eigenvalue weighted by atomic mass is 19.4. The number of rotatable bonds is 18. The number of esters is 2. The first-order valence-corrected chi connectivity index (χ1v) is 31.2. The Morgan fingerprint density at radius 2 is 0.856 bits per heavy atom.